The lowest BCUT2D eigenvalue weighted by Gasteiger charge is -2.09. The quantitative estimate of drug-likeness (QED) is 0.805. The number of carboxylic acids is 1. The molecule has 14 heavy (non-hydrogen) atoms. The van der Waals surface area contributed by atoms with Crippen molar-refractivity contribution in [2.75, 3.05) is 13.3 Å². The van der Waals surface area contributed by atoms with Crippen LogP contribution < -0.4 is 4.74 Å². The van der Waals surface area contributed by atoms with Crippen LogP contribution in [0.5, 0.6) is 5.75 Å². The third-order valence-corrected chi connectivity index (χ3v) is 1.77. The van der Waals surface area contributed by atoms with Gasteiger partial charge in [0.2, 0.25) is 0 Å². The number of hydrogen-bond acceptors (Lipinski definition) is 2. The molecular weight excluding hydrogens is 187 g/mol. The molecular formula is C10H11FO3. The van der Waals surface area contributed by atoms with Crippen LogP contribution in [0.25, 0.3) is 0 Å². The fraction of sp³-hybridized carbons (Fsp3) is 0.300. The summed E-state index contributed by atoms with van der Waals surface area (Å²) in [5, 5.41) is 8.82. The molecule has 0 saturated heterocycles. The average molecular weight is 198 g/mol. The zero-order valence-corrected chi connectivity index (χ0v) is 7.79. The lowest BCUT2D eigenvalue weighted by molar-refractivity contribution is 0.0691. The summed E-state index contributed by atoms with van der Waals surface area (Å²) in [5.74, 6) is -0.819. The molecule has 1 aromatic rings. The summed E-state index contributed by atoms with van der Waals surface area (Å²) in [6, 6.07) is 4.78. The van der Waals surface area contributed by atoms with Crippen LogP contribution in [0, 0.1) is 6.92 Å². The maximum Gasteiger partial charge on any atom is 0.339 e. The van der Waals surface area contributed by atoms with Crippen LogP contribution in [-0.2, 0) is 0 Å². The summed E-state index contributed by atoms with van der Waals surface area (Å²) >= 11 is 0. The van der Waals surface area contributed by atoms with E-state index < -0.39 is 12.6 Å². The predicted octanol–water partition coefficient (Wildman–Crippen LogP) is 2.04. The van der Waals surface area contributed by atoms with Crippen molar-refractivity contribution >= 4 is 5.97 Å². The average Bonchev–Trinajstić information content (AvgIpc) is 2.15. The zero-order valence-electron chi connectivity index (χ0n) is 7.79. The van der Waals surface area contributed by atoms with Crippen molar-refractivity contribution < 1.29 is 19.0 Å². The van der Waals surface area contributed by atoms with Gasteiger partial charge in [-0.3, -0.25) is 0 Å². The third-order valence-electron chi connectivity index (χ3n) is 1.77. The number of alkyl halides is 1. The van der Waals surface area contributed by atoms with E-state index in [0.29, 0.717) is 5.56 Å². The number of rotatable bonds is 4. The number of aryl methyl sites for hydroxylation is 1. The predicted molar refractivity (Wildman–Crippen MR) is 49.6 cm³/mol. The van der Waals surface area contributed by atoms with Crippen LogP contribution in [0.3, 0.4) is 0 Å². The minimum absolute atomic E-state index is 0.0680. The second-order valence-electron chi connectivity index (χ2n) is 2.79. The van der Waals surface area contributed by atoms with Crippen molar-refractivity contribution in [2.45, 2.75) is 6.92 Å². The van der Waals surface area contributed by atoms with Crippen LogP contribution in [0.2, 0.25) is 0 Å². The molecule has 0 radical (unpaired) electrons. The summed E-state index contributed by atoms with van der Waals surface area (Å²) in [5.41, 5.74) is 0.761. The van der Waals surface area contributed by atoms with Crippen LogP contribution in [0.1, 0.15) is 15.9 Å². The molecule has 0 atom stereocenters. The van der Waals surface area contributed by atoms with Gasteiger partial charge >= 0.3 is 5.97 Å². The van der Waals surface area contributed by atoms with Crippen molar-refractivity contribution in [1.82, 2.24) is 0 Å². The van der Waals surface area contributed by atoms with Crippen molar-refractivity contribution in [2.24, 2.45) is 0 Å². The van der Waals surface area contributed by atoms with Crippen LogP contribution >= 0.6 is 0 Å². The van der Waals surface area contributed by atoms with E-state index in [1.807, 2.05) is 0 Å². The van der Waals surface area contributed by atoms with Crippen molar-refractivity contribution in [3.05, 3.63) is 29.3 Å². The van der Waals surface area contributed by atoms with Gasteiger partial charge in [-0.05, 0) is 18.6 Å². The van der Waals surface area contributed by atoms with E-state index in [2.05, 4.69) is 0 Å². The summed E-state index contributed by atoms with van der Waals surface area (Å²) in [6.45, 7) is 0.971. The number of aromatic carboxylic acids is 1. The van der Waals surface area contributed by atoms with Gasteiger partial charge in [-0.2, -0.15) is 0 Å². The van der Waals surface area contributed by atoms with Gasteiger partial charge in [0, 0.05) is 0 Å². The van der Waals surface area contributed by atoms with Crippen LogP contribution in [0.4, 0.5) is 4.39 Å². The third kappa shape index (κ3) is 2.22. The molecule has 0 aliphatic carbocycles. The fourth-order valence-electron chi connectivity index (χ4n) is 1.15. The van der Waals surface area contributed by atoms with Crippen molar-refractivity contribution in [1.29, 1.82) is 0 Å². The van der Waals surface area contributed by atoms with E-state index in [0.717, 1.165) is 0 Å². The summed E-state index contributed by atoms with van der Waals surface area (Å²) in [6.07, 6.45) is 0. The summed E-state index contributed by atoms with van der Waals surface area (Å²) in [4.78, 5) is 10.8. The van der Waals surface area contributed by atoms with Gasteiger partial charge in [0.1, 0.15) is 24.6 Å². The molecule has 0 heterocycles. The highest BCUT2D eigenvalue weighted by Gasteiger charge is 2.12. The lowest BCUT2D eigenvalue weighted by Crippen LogP contribution is -2.06. The Bertz CT molecular complexity index is 336. The number of carbonyl (C=O) groups is 1. The Kier molecular flexibility index (Phi) is 3.45. The molecule has 0 aromatic heterocycles. The Balaban J connectivity index is 3.02. The molecule has 4 heteroatoms. The summed E-state index contributed by atoms with van der Waals surface area (Å²) in [7, 11) is 0. The minimum atomic E-state index is -1.07. The van der Waals surface area contributed by atoms with Crippen molar-refractivity contribution in [3.63, 3.8) is 0 Å². The molecule has 1 rings (SSSR count). The highest BCUT2D eigenvalue weighted by molar-refractivity contribution is 5.91. The topological polar surface area (TPSA) is 46.5 Å². The Morgan fingerprint density at radius 1 is 1.57 bits per heavy atom. The fourth-order valence-corrected chi connectivity index (χ4v) is 1.15. The Labute approximate surface area is 81.1 Å². The Morgan fingerprint density at radius 2 is 2.29 bits per heavy atom. The van der Waals surface area contributed by atoms with E-state index in [1.165, 1.54) is 6.07 Å². The maximum absolute atomic E-state index is 11.9. The first-order valence-electron chi connectivity index (χ1n) is 4.18. The van der Waals surface area contributed by atoms with Gasteiger partial charge in [0.25, 0.3) is 0 Å². The molecule has 0 fully saturated rings. The number of benzene rings is 1. The van der Waals surface area contributed by atoms with E-state index >= 15 is 0 Å². The van der Waals surface area contributed by atoms with Crippen molar-refractivity contribution in [3.8, 4) is 5.75 Å². The zero-order chi connectivity index (χ0) is 10.6. The van der Waals surface area contributed by atoms with Gasteiger partial charge in [0.05, 0.1) is 0 Å². The van der Waals surface area contributed by atoms with Gasteiger partial charge in [-0.25, -0.2) is 9.18 Å². The first-order chi connectivity index (χ1) is 6.66. The second-order valence-corrected chi connectivity index (χ2v) is 2.79. The largest absolute Gasteiger partial charge is 0.490 e. The van der Waals surface area contributed by atoms with E-state index in [9.17, 15) is 9.18 Å². The van der Waals surface area contributed by atoms with E-state index in [4.69, 9.17) is 9.84 Å². The molecule has 0 spiro atoms. The lowest BCUT2D eigenvalue weighted by atomic mass is 10.1. The molecule has 0 unspecified atom stereocenters. The SMILES string of the molecule is Cc1cccc(C(=O)O)c1OCCF. The number of para-hydroxylation sites is 1. The first kappa shape index (κ1) is 10.5. The number of carboxylic acid groups (broad SMARTS) is 1. The molecule has 1 aromatic carbocycles. The smallest absolute Gasteiger partial charge is 0.339 e. The number of ether oxygens (including phenoxy) is 1. The molecule has 0 aliphatic heterocycles. The van der Waals surface area contributed by atoms with Crippen LogP contribution in [-0.4, -0.2) is 24.4 Å². The first-order valence-corrected chi connectivity index (χ1v) is 4.18. The van der Waals surface area contributed by atoms with Gasteiger partial charge in [0.15, 0.2) is 0 Å². The molecule has 1 N–H and O–H groups in total. The molecule has 0 bridgehead atoms. The molecule has 0 aliphatic rings. The molecule has 0 saturated carbocycles. The van der Waals surface area contributed by atoms with E-state index in [-0.39, 0.29) is 17.9 Å². The highest BCUT2D eigenvalue weighted by atomic mass is 19.1. The molecule has 0 amide bonds. The van der Waals surface area contributed by atoms with Gasteiger partial charge in [-0.15, -0.1) is 0 Å². The van der Waals surface area contributed by atoms with Gasteiger partial charge < -0.3 is 9.84 Å². The molecule has 3 nitrogen and oxygen atoms in total. The minimum Gasteiger partial charge on any atom is -0.490 e. The maximum atomic E-state index is 11.9. The Morgan fingerprint density at radius 3 is 2.86 bits per heavy atom. The Hall–Kier alpha value is -1.58. The monoisotopic (exact) mass is 198 g/mol. The highest BCUT2D eigenvalue weighted by Crippen LogP contribution is 2.23. The number of halogens is 1. The number of hydrogen-bond donors (Lipinski definition) is 1. The van der Waals surface area contributed by atoms with Gasteiger partial charge in [-0.1, -0.05) is 12.1 Å². The normalized spacial score (nSPS) is 9.86. The van der Waals surface area contributed by atoms with E-state index in [1.54, 1.807) is 19.1 Å². The summed E-state index contributed by atoms with van der Waals surface area (Å²) < 4.78 is 16.9. The second kappa shape index (κ2) is 4.60. The standard InChI is InChI=1S/C10H11FO3/c1-7-3-2-4-8(10(12)13)9(7)14-6-5-11/h2-4H,5-6H2,1H3,(H,12,13). The van der Waals surface area contributed by atoms with Crippen LogP contribution in [0.15, 0.2) is 18.2 Å². The molecule has 76 valence electrons.